The van der Waals surface area contributed by atoms with Crippen molar-refractivity contribution < 1.29 is 14.3 Å². The number of anilines is 1. The first-order valence-electron chi connectivity index (χ1n) is 6.79. The maximum absolute atomic E-state index is 11.9. The lowest BCUT2D eigenvalue weighted by atomic mass is 10.1. The van der Waals surface area contributed by atoms with Crippen LogP contribution in [0.2, 0.25) is 0 Å². The molecule has 0 aliphatic heterocycles. The standard InChI is InChI=1S/C16H17N3O3/c1-21-15-4-2-3-13(11-15)19-16(20)18-12-5-7-14(8-6-12)22-10-9-17/h2-8,15H,10-11H2,1H3,(H2,18,19,20). The highest BCUT2D eigenvalue weighted by atomic mass is 16.5. The predicted molar refractivity (Wildman–Crippen MR) is 82.3 cm³/mol. The number of carbonyl (C=O) groups is 1. The molecule has 0 radical (unpaired) electrons. The molecule has 0 bridgehead atoms. The van der Waals surface area contributed by atoms with E-state index in [1.165, 1.54) is 0 Å². The Labute approximate surface area is 129 Å². The van der Waals surface area contributed by atoms with Crippen LogP contribution in [0.3, 0.4) is 0 Å². The molecule has 114 valence electrons. The normalized spacial score (nSPS) is 16.4. The zero-order chi connectivity index (χ0) is 15.8. The summed E-state index contributed by atoms with van der Waals surface area (Å²) in [5.41, 5.74) is 1.43. The van der Waals surface area contributed by atoms with Gasteiger partial charge in [-0.3, -0.25) is 0 Å². The first-order valence-corrected chi connectivity index (χ1v) is 6.79. The molecule has 1 aliphatic rings. The van der Waals surface area contributed by atoms with Crippen LogP contribution >= 0.6 is 0 Å². The van der Waals surface area contributed by atoms with E-state index in [-0.39, 0.29) is 18.7 Å². The van der Waals surface area contributed by atoms with Crippen LogP contribution < -0.4 is 15.4 Å². The lowest BCUT2D eigenvalue weighted by Gasteiger charge is -2.18. The second-order valence-corrected chi connectivity index (χ2v) is 4.61. The summed E-state index contributed by atoms with van der Waals surface area (Å²) < 4.78 is 10.4. The number of nitrogens with zero attached hydrogens (tertiary/aromatic N) is 1. The van der Waals surface area contributed by atoms with E-state index in [1.54, 1.807) is 31.4 Å². The summed E-state index contributed by atoms with van der Waals surface area (Å²) in [6.07, 6.45) is 6.24. The van der Waals surface area contributed by atoms with Gasteiger partial charge in [0.1, 0.15) is 11.8 Å². The fraction of sp³-hybridized carbons (Fsp3) is 0.250. The third-order valence-electron chi connectivity index (χ3n) is 3.04. The zero-order valence-corrected chi connectivity index (χ0v) is 12.2. The van der Waals surface area contributed by atoms with Gasteiger partial charge in [0.2, 0.25) is 0 Å². The molecular weight excluding hydrogens is 282 g/mol. The molecule has 1 aromatic carbocycles. The number of methoxy groups -OCH3 is 1. The number of benzene rings is 1. The quantitative estimate of drug-likeness (QED) is 0.875. The molecule has 6 nitrogen and oxygen atoms in total. The van der Waals surface area contributed by atoms with Gasteiger partial charge in [0.25, 0.3) is 0 Å². The third-order valence-corrected chi connectivity index (χ3v) is 3.04. The summed E-state index contributed by atoms with van der Waals surface area (Å²) >= 11 is 0. The first-order chi connectivity index (χ1) is 10.7. The smallest absolute Gasteiger partial charge is 0.323 e. The van der Waals surface area contributed by atoms with Gasteiger partial charge in [-0.25, -0.2) is 4.79 Å². The summed E-state index contributed by atoms with van der Waals surface area (Å²) in [5.74, 6) is 0.579. The number of hydrogen-bond acceptors (Lipinski definition) is 4. The molecular formula is C16H17N3O3. The molecule has 1 aromatic rings. The van der Waals surface area contributed by atoms with Crippen LogP contribution in [0.4, 0.5) is 10.5 Å². The predicted octanol–water partition coefficient (Wildman–Crippen LogP) is 2.57. The largest absolute Gasteiger partial charge is 0.479 e. The van der Waals surface area contributed by atoms with Gasteiger partial charge in [0, 0.05) is 24.9 Å². The molecule has 0 saturated heterocycles. The molecule has 2 amide bonds. The highest BCUT2D eigenvalue weighted by Crippen LogP contribution is 2.16. The maximum atomic E-state index is 11.9. The molecule has 1 aliphatic carbocycles. The second kappa shape index (κ2) is 7.86. The Bertz CT molecular complexity index is 615. The van der Waals surface area contributed by atoms with Gasteiger partial charge >= 0.3 is 6.03 Å². The minimum absolute atomic E-state index is 0.00437. The van der Waals surface area contributed by atoms with Crippen molar-refractivity contribution in [2.45, 2.75) is 12.5 Å². The highest BCUT2D eigenvalue weighted by molar-refractivity contribution is 5.90. The van der Waals surface area contributed by atoms with E-state index in [0.29, 0.717) is 17.9 Å². The Morgan fingerprint density at radius 3 is 2.82 bits per heavy atom. The zero-order valence-electron chi connectivity index (χ0n) is 12.2. The van der Waals surface area contributed by atoms with Crippen molar-refractivity contribution >= 4 is 11.7 Å². The molecule has 6 heteroatoms. The number of amides is 2. The van der Waals surface area contributed by atoms with E-state index in [4.69, 9.17) is 14.7 Å². The number of rotatable bonds is 5. The monoisotopic (exact) mass is 299 g/mol. The van der Waals surface area contributed by atoms with Gasteiger partial charge in [-0.1, -0.05) is 12.2 Å². The van der Waals surface area contributed by atoms with Gasteiger partial charge < -0.3 is 20.1 Å². The Hall–Kier alpha value is -2.78. The van der Waals surface area contributed by atoms with Crippen molar-refractivity contribution in [3.63, 3.8) is 0 Å². The number of nitriles is 1. The SMILES string of the molecule is COC1C=CC=C(NC(=O)Nc2ccc(OCC#N)cc2)C1. The fourth-order valence-electron chi connectivity index (χ4n) is 1.96. The second-order valence-electron chi connectivity index (χ2n) is 4.61. The van der Waals surface area contributed by atoms with Crippen LogP contribution in [-0.4, -0.2) is 25.9 Å². The molecule has 0 fully saturated rings. The average Bonchev–Trinajstić information content (AvgIpc) is 2.54. The van der Waals surface area contributed by atoms with Gasteiger partial charge in [-0.05, 0) is 30.3 Å². The van der Waals surface area contributed by atoms with Crippen LogP contribution in [0.5, 0.6) is 5.75 Å². The Kier molecular flexibility index (Phi) is 5.57. The summed E-state index contributed by atoms with van der Waals surface area (Å²) in [6.45, 7) is -0.00437. The van der Waals surface area contributed by atoms with E-state index in [1.807, 2.05) is 24.3 Å². The van der Waals surface area contributed by atoms with Crippen molar-refractivity contribution in [1.29, 1.82) is 5.26 Å². The molecule has 0 aromatic heterocycles. The maximum Gasteiger partial charge on any atom is 0.323 e. The van der Waals surface area contributed by atoms with Gasteiger partial charge in [0.05, 0.1) is 6.10 Å². The molecule has 1 atom stereocenters. The Balaban J connectivity index is 1.86. The van der Waals surface area contributed by atoms with Crippen molar-refractivity contribution in [1.82, 2.24) is 5.32 Å². The molecule has 22 heavy (non-hydrogen) atoms. The number of urea groups is 1. The van der Waals surface area contributed by atoms with E-state index in [9.17, 15) is 4.79 Å². The van der Waals surface area contributed by atoms with Gasteiger partial charge in [-0.15, -0.1) is 0 Å². The van der Waals surface area contributed by atoms with Crippen LogP contribution in [0.15, 0.2) is 48.2 Å². The van der Waals surface area contributed by atoms with Gasteiger partial charge in [-0.2, -0.15) is 5.26 Å². The van der Waals surface area contributed by atoms with E-state index in [2.05, 4.69) is 10.6 Å². The first kappa shape index (κ1) is 15.6. The topological polar surface area (TPSA) is 83.4 Å². The summed E-state index contributed by atoms with van der Waals surface area (Å²) in [5, 5.41) is 13.9. The van der Waals surface area contributed by atoms with Crippen LogP contribution in [0, 0.1) is 11.3 Å². The van der Waals surface area contributed by atoms with Gasteiger partial charge in [0.15, 0.2) is 6.61 Å². The molecule has 0 spiro atoms. The minimum atomic E-state index is -0.318. The molecule has 0 saturated carbocycles. The lowest BCUT2D eigenvalue weighted by Crippen LogP contribution is -2.30. The lowest BCUT2D eigenvalue weighted by molar-refractivity contribution is 0.139. The minimum Gasteiger partial charge on any atom is -0.479 e. The van der Waals surface area contributed by atoms with Crippen LogP contribution in [0.1, 0.15) is 6.42 Å². The third kappa shape index (κ3) is 4.65. The number of ether oxygens (including phenoxy) is 2. The Morgan fingerprint density at radius 2 is 2.14 bits per heavy atom. The fourth-order valence-corrected chi connectivity index (χ4v) is 1.96. The average molecular weight is 299 g/mol. The number of hydrogen-bond donors (Lipinski definition) is 2. The molecule has 2 N–H and O–H groups in total. The van der Waals surface area contributed by atoms with Crippen molar-refractivity contribution in [3.8, 4) is 11.8 Å². The van der Waals surface area contributed by atoms with E-state index in [0.717, 1.165) is 5.70 Å². The number of nitrogens with one attached hydrogen (secondary N) is 2. The summed E-state index contributed by atoms with van der Waals surface area (Å²) in [6, 6.07) is 8.37. The molecule has 1 unspecified atom stereocenters. The summed E-state index contributed by atoms with van der Waals surface area (Å²) in [7, 11) is 1.63. The summed E-state index contributed by atoms with van der Waals surface area (Å²) in [4.78, 5) is 11.9. The van der Waals surface area contributed by atoms with Crippen LogP contribution in [0.25, 0.3) is 0 Å². The van der Waals surface area contributed by atoms with E-state index >= 15 is 0 Å². The molecule has 2 rings (SSSR count). The van der Waals surface area contributed by atoms with Crippen molar-refractivity contribution in [2.24, 2.45) is 0 Å². The molecule has 0 heterocycles. The number of allylic oxidation sites excluding steroid dienone is 2. The van der Waals surface area contributed by atoms with Crippen molar-refractivity contribution in [2.75, 3.05) is 19.0 Å². The Morgan fingerprint density at radius 1 is 1.36 bits per heavy atom. The highest BCUT2D eigenvalue weighted by Gasteiger charge is 2.12. The van der Waals surface area contributed by atoms with E-state index < -0.39 is 0 Å². The number of carbonyl (C=O) groups excluding carboxylic acids is 1. The van der Waals surface area contributed by atoms with Crippen LogP contribution in [-0.2, 0) is 4.74 Å². The van der Waals surface area contributed by atoms with Crippen molar-refractivity contribution in [3.05, 3.63) is 48.2 Å².